The van der Waals surface area contributed by atoms with Gasteiger partial charge in [-0.25, -0.2) is 0 Å². The summed E-state index contributed by atoms with van der Waals surface area (Å²) in [5.74, 6) is -2.75. The lowest BCUT2D eigenvalue weighted by Crippen LogP contribution is -2.71. The number of H-pyrrole nitrogens is 1. The van der Waals surface area contributed by atoms with E-state index in [9.17, 15) is 24.3 Å². The van der Waals surface area contributed by atoms with E-state index in [-0.39, 0.29) is 46.8 Å². The molecule has 1 saturated heterocycles. The fourth-order valence-electron chi connectivity index (χ4n) is 3.40. The van der Waals surface area contributed by atoms with Crippen LogP contribution in [0.2, 0.25) is 0 Å². The smallest absolute Gasteiger partial charge is 0.297 e. The number of nitrogens with two attached hydrogens (primary N) is 1. The molecule has 1 fully saturated rings. The number of hydrogen-bond donors (Lipinski definition) is 3. The lowest BCUT2D eigenvalue weighted by Gasteiger charge is -2.50. The molecule has 2 aliphatic heterocycles. The van der Waals surface area contributed by atoms with Crippen LogP contribution in [0, 0.1) is 0 Å². The van der Waals surface area contributed by atoms with Crippen molar-refractivity contribution < 1.29 is 29.0 Å². The van der Waals surface area contributed by atoms with Crippen molar-refractivity contribution >= 4 is 51.9 Å². The van der Waals surface area contributed by atoms with Gasteiger partial charge in [0.05, 0.1) is 11.7 Å². The van der Waals surface area contributed by atoms with Gasteiger partial charge in [-0.2, -0.15) is 9.36 Å². The molecule has 0 aromatic carbocycles. The number of anilines is 1. The normalized spacial score (nSPS) is 20.0. The minimum absolute atomic E-state index is 0.0436. The Hall–Kier alpha value is -3.79. The van der Waals surface area contributed by atoms with Crippen LogP contribution in [0.3, 0.4) is 0 Å². The van der Waals surface area contributed by atoms with E-state index in [0.29, 0.717) is 5.57 Å². The number of carboxylic acids is 1. The molecule has 2 aromatic rings. The van der Waals surface area contributed by atoms with E-state index >= 15 is 0 Å². The average Bonchev–Trinajstić information content (AvgIpc) is 3.23. The van der Waals surface area contributed by atoms with E-state index in [2.05, 4.69) is 24.9 Å². The Labute approximate surface area is 199 Å². The van der Waals surface area contributed by atoms with Crippen molar-refractivity contribution in [1.82, 2.24) is 24.7 Å². The summed E-state index contributed by atoms with van der Waals surface area (Å²) in [4.78, 5) is 59.1. The molecule has 2 atom stereocenters. The quantitative estimate of drug-likeness (QED) is 0.143. The van der Waals surface area contributed by atoms with Crippen LogP contribution in [-0.4, -0.2) is 66.6 Å². The first-order valence-corrected chi connectivity index (χ1v) is 11.7. The summed E-state index contributed by atoms with van der Waals surface area (Å²) in [6.07, 6.45) is 1.57. The molecule has 1 unspecified atom stereocenters. The number of aromatic amines is 1. The Morgan fingerprint density at radius 1 is 1.47 bits per heavy atom. The van der Waals surface area contributed by atoms with Crippen molar-refractivity contribution in [2.45, 2.75) is 24.9 Å². The number of carbonyl (C=O) groups is 3. The zero-order valence-electron chi connectivity index (χ0n) is 17.6. The molecule has 16 heteroatoms. The van der Waals surface area contributed by atoms with Crippen LogP contribution in [0.25, 0.3) is 0 Å². The fraction of sp³-hybridized carbons (Fsp3) is 0.333. The van der Waals surface area contributed by atoms with Gasteiger partial charge >= 0.3 is 0 Å². The van der Waals surface area contributed by atoms with Crippen LogP contribution in [0.4, 0.5) is 5.13 Å². The second-order valence-electron chi connectivity index (χ2n) is 7.03. The number of thioether (sulfide) groups is 1. The molecule has 0 radical (unpaired) electrons. The number of aliphatic carboxylic acids is 1. The number of nitrogens with one attached hydrogen (secondary N) is 2. The summed E-state index contributed by atoms with van der Waals surface area (Å²) in [5, 5.41) is 20.2. The lowest BCUT2D eigenvalue weighted by molar-refractivity contribution is -0.748. The van der Waals surface area contributed by atoms with Crippen molar-refractivity contribution in [1.29, 1.82) is 0 Å². The number of oxime groups is 1. The third-order valence-corrected chi connectivity index (χ3v) is 6.69. The van der Waals surface area contributed by atoms with Gasteiger partial charge in [0.1, 0.15) is 18.0 Å². The van der Waals surface area contributed by atoms with E-state index in [1.165, 1.54) is 28.6 Å². The minimum atomic E-state index is -1.53. The van der Waals surface area contributed by atoms with Gasteiger partial charge in [0.15, 0.2) is 17.9 Å². The largest absolute Gasteiger partial charge is 0.543 e. The highest BCUT2D eigenvalue weighted by Crippen LogP contribution is 2.40. The maximum Gasteiger partial charge on any atom is 0.297 e. The molecule has 2 amide bonds. The molecular formula is C18H18N8O6S2. The van der Waals surface area contributed by atoms with E-state index in [1.54, 1.807) is 13.1 Å². The highest BCUT2D eigenvalue weighted by Gasteiger charge is 2.53. The summed E-state index contributed by atoms with van der Waals surface area (Å²) in [6.45, 7) is 1.89. The molecular weight excluding hydrogens is 488 g/mol. The summed E-state index contributed by atoms with van der Waals surface area (Å²) < 4.78 is 5.36. The molecule has 0 aliphatic carbocycles. The predicted molar refractivity (Wildman–Crippen MR) is 117 cm³/mol. The third-order valence-electron chi connectivity index (χ3n) is 4.81. The fourth-order valence-corrected chi connectivity index (χ4v) is 5.17. The second kappa shape index (κ2) is 9.60. The monoisotopic (exact) mass is 506 g/mol. The van der Waals surface area contributed by atoms with Gasteiger partial charge in [-0.05, 0) is 6.92 Å². The molecule has 178 valence electrons. The SMILES string of the molecule is CCON=C(C(=O)NC1C(=O)N2C(C(=O)[O-])=C(C[n+]3cccc(=O)[nH]3)CS[C@H]12)c1nsc(N)n1. The van der Waals surface area contributed by atoms with Gasteiger partial charge in [-0.3, -0.25) is 19.3 Å². The molecule has 2 aromatic heterocycles. The van der Waals surface area contributed by atoms with Crippen LogP contribution in [0.1, 0.15) is 12.7 Å². The van der Waals surface area contributed by atoms with Gasteiger partial charge in [-0.15, -0.1) is 21.5 Å². The van der Waals surface area contributed by atoms with Crippen LogP contribution in [0.5, 0.6) is 0 Å². The number of nitrogen functional groups attached to an aromatic ring is 1. The topological polar surface area (TPSA) is 200 Å². The zero-order valence-corrected chi connectivity index (χ0v) is 19.2. The van der Waals surface area contributed by atoms with Crippen LogP contribution >= 0.6 is 23.3 Å². The number of fused-ring (bicyclic) bond motifs is 1. The van der Waals surface area contributed by atoms with Gasteiger partial charge < -0.3 is 25.8 Å². The first-order chi connectivity index (χ1) is 16.3. The lowest BCUT2D eigenvalue weighted by atomic mass is 10.0. The maximum atomic E-state index is 12.9. The van der Waals surface area contributed by atoms with Crippen molar-refractivity contribution in [2.75, 3.05) is 18.1 Å². The number of hydrogen-bond acceptors (Lipinski definition) is 12. The first-order valence-electron chi connectivity index (χ1n) is 9.87. The Morgan fingerprint density at radius 3 is 2.91 bits per heavy atom. The molecule has 2 aliphatic rings. The molecule has 4 heterocycles. The molecule has 4 N–H and O–H groups in total. The highest BCUT2D eigenvalue weighted by atomic mass is 32.2. The predicted octanol–water partition coefficient (Wildman–Crippen LogP) is -3.06. The van der Waals surface area contributed by atoms with Crippen molar-refractivity contribution in [3.05, 3.63) is 45.8 Å². The molecule has 4 rings (SSSR count). The molecule has 0 bridgehead atoms. The standard InChI is InChI=1S/C18H18N8O6S2/c1-2-32-23-10(13-21-18(19)34-24-13)14(28)20-11-15(29)26-12(17(30)31)8(7-33-16(11)26)6-25-5-3-4-9(27)22-25/h3-5,11,16H,2,6-7H2,1H3,(H4-,19,20,21,22,24,27,28,30,31)/t11?,16-/m1/s1. The number of rotatable bonds is 8. The van der Waals surface area contributed by atoms with Crippen LogP contribution in [-0.2, 0) is 25.8 Å². The van der Waals surface area contributed by atoms with Gasteiger partial charge in [0.25, 0.3) is 17.4 Å². The number of carboxylic acid groups (broad SMARTS) is 1. The van der Waals surface area contributed by atoms with Gasteiger partial charge in [0, 0.05) is 35.0 Å². The van der Waals surface area contributed by atoms with E-state index in [4.69, 9.17) is 10.6 Å². The second-order valence-corrected chi connectivity index (χ2v) is 8.92. The Morgan fingerprint density at radius 2 is 2.26 bits per heavy atom. The van der Waals surface area contributed by atoms with E-state index in [1.807, 2.05) is 0 Å². The Bertz CT molecular complexity index is 1270. The molecule has 34 heavy (non-hydrogen) atoms. The summed E-state index contributed by atoms with van der Waals surface area (Å²) in [5.41, 5.74) is 5.06. The number of amides is 2. The van der Waals surface area contributed by atoms with Crippen LogP contribution in [0.15, 0.2) is 39.5 Å². The van der Waals surface area contributed by atoms with Crippen molar-refractivity contribution in [2.24, 2.45) is 5.16 Å². The Balaban J connectivity index is 1.54. The highest BCUT2D eigenvalue weighted by molar-refractivity contribution is 8.00. The van der Waals surface area contributed by atoms with Crippen molar-refractivity contribution in [3.8, 4) is 0 Å². The number of nitrogens with zero attached hydrogens (tertiary/aromatic N) is 5. The number of carbonyl (C=O) groups excluding carboxylic acids is 3. The summed E-state index contributed by atoms with van der Waals surface area (Å²) in [7, 11) is 0. The molecule has 0 spiro atoms. The number of β-lactam (4-membered cyclic amide) rings is 1. The van der Waals surface area contributed by atoms with Crippen LogP contribution < -0.4 is 26.4 Å². The zero-order chi connectivity index (χ0) is 24.4. The van der Waals surface area contributed by atoms with E-state index < -0.39 is 29.2 Å². The van der Waals surface area contributed by atoms with E-state index in [0.717, 1.165) is 16.4 Å². The van der Waals surface area contributed by atoms with Gasteiger partial charge in [-0.1, -0.05) is 5.16 Å². The average molecular weight is 507 g/mol. The van der Waals surface area contributed by atoms with Gasteiger partial charge in [0.2, 0.25) is 11.5 Å². The first kappa shape index (κ1) is 23.4. The maximum absolute atomic E-state index is 12.9. The minimum Gasteiger partial charge on any atom is -0.543 e. The summed E-state index contributed by atoms with van der Waals surface area (Å²) >= 11 is 2.13. The molecule has 14 nitrogen and oxygen atoms in total. The number of aromatic nitrogens is 4. The Kier molecular flexibility index (Phi) is 6.60. The third kappa shape index (κ3) is 4.49. The van der Waals surface area contributed by atoms with Crippen molar-refractivity contribution in [3.63, 3.8) is 0 Å². The summed E-state index contributed by atoms with van der Waals surface area (Å²) in [6, 6.07) is 1.82. The molecule has 0 saturated carbocycles.